The summed E-state index contributed by atoms with van der Waals surface area (Å²) >= 11 is 0. The Morgan fingerprint density at radius 2 is 1.15 bits per heavy atom. The first-order chi connectivity index (χ1) is 5.83. The summed E-state index contributed by atoms with van der Waals surface area (Å²) < 4.78 is 31.6. The summed E-state index contributed by atoms with van der Waals surface area (Å²) in [6.07, 6.45) is 2.36. The molecule has 0 fully saturated rings. The van der Waals surface area contributed by atoms with E-state index >= 15 is 0 Å². The van der Waals surface area contributed by atoms with Gasteiger partial charge in [0.15, 0.2) is 0 Å². The van der Waals surface area contributed by atoms with Gasteiger partial charge in [0.2, 0.25) is 0 Å². The van der Waals surface area contributed by atoms with Gasteiger partial charge in [-0.05, 0) is 0 Å². The first-order valence-corrected chi connectivity index (χ1v) is 3.94. The summed E-state index contributed by atoms with van der Waals surface area (Å²) in [7, 11) is -4.67. The van der Waals surface area contributed by atoms with Crippen LogP contribution in [0.5, 0.6) is 0 Å². The van der Waals surface area contributed by atoms with Crippen LogP contribution in [0.15, 0.2) is 25.3 Å². The van der Waals surface area contributed by atoms with Crippen LogP contribution in [0.4, 0.5) is 0 Å². The molecule has 0 heterocycles. The second kappa shape index (κ2) is 13.0. The number of hydrogen-bond acceptors (Lipinski definition) is 4. The molecule has 0 saturated carbocycles. The first-order valence-electron chi connectivity index (χ1n) is 2.54. The molecule has 0 aliphatic rings. The Bertz CT molecular complexity index is 281. The summed E-state index contributed by atoms with van der Waals surface area (Å²) in [6.45, 7) is 6.24. The van der Waals surface area contributed by atoms with Crippen molar-refractivity contribution in [1.82, 2.24) is 0 Å². The van der Waals surface area contributed by atoms with E-state index < -0.39 is 10.4 Å². The van der Waals surface area contributed by atoms with Gasteiger partial charge in [-0.15, -0.1) is 0 Å². The molecule has 0 radical (unpaired) electrons. The van der Waals surface area contributed by atoms with Crippen molar-refractivity contribution in [3.8, 4) is 12.1 Å². The molecule has 0 aliphatic carbocycles. The standard InChI is InChI=1S/2C3H3N.H2O4S/c2*1-2-3-4;1-5(2,3)4/h2*2H,1H2;(H2,1,2,3,4). The lowest BCUT2D eigenvalue weighted by Gasteiger charge is -1.68. The van der Waals surface area contributed by atoms with Gasteiger partial charge in [-0.1, -0.05) is 13.2 Å². The van der Waals surface area contributed by atoms with Gasteiger partial charge in [0, 0.05) is 12.2 Å². The van der Waals surface area contributed by atoms with Gasteiger partial charge in [-0.25, -0.2) is 0 Å². The van der Waals surface area contributed by atoms with Gasteiger partial charge in [0.25, 0.3) is 0 Å². The van der Waals surface area contributed by atoms with Crippen molar-refractivity contribution >= 4 is 10.4 Å². The van der Waals surface area contributed by atoms with Crippen LogP contribution < -0.4 is 0 Å². The third-order valence-electron chi connectivity index (χ3n) is 0.183. The van der Waals surface area contributed by atoms with E-state index in [4.69, 9.17) is 28.0 Å². The largest absolute Gasteiger partial charge is 0.394 e. The quantitative estimate of drug-likeness (QED) is 0.443. The molecule has 0 aliphatic heterocycles. The minimum Gasteiger partial charge on any atom is -0.264 e. The molecule has 0 rings (SSSR count). The van der Waals surface area contributed by atoms with E-state index in [0.717, 1.165) is 0 Å². The van der Waals surface area contributed by atoms with Crippen LogP contribution >= 0.6 is 0 Å². The average molecular weight is 204 g/mol. The molecule has 7 heteroatoms. The number of nitriles is 2. The molecule has 0 unspecified atom stereocenters. The molecule has 0 spiro atoms. The second-order valence-electron chi connectivity index (χ2n) is 1.11. The molecule has 0 amide bonds. The number of rotatable bonds is 0. The fraction of sp³-hybridized carbons (Fsp3) is 0. The highest BCUT2D eigenvalue weighted by atomic mass is 32.3. The number of nitrogens with zero attached hydrogens (tertiary/aromatic N) is 2. The van der Waals surface area contributed by atoms with Crippen molar-refractivity contribution in [2.24, 2.45) is 0 Å². The van der Waals surface area contributed by atoms with Crippen LogP contribution in [0.3, 0.4) is 0 Å². The monoisotopic (exact) mass is 204 g/mol. The average Bonchev–Trinajstić information content (AvgIpc) is 2.01. The fourth-order valence-corrected chi connectivity index (χ4v) is 0. The predicted octanol–water partition coefficient (Wildman–Crippen LogP) is 0.739. The summed E-state index contributed by atoms with van der Waals surface area (Å²) in [5.41, 5.74) is 0. The number of allylic oxidation sites excluding steroid dienone is 2. The zero-order valence-corrected chi connectivity index (χ0v) is 7.40. The summed E-state index contributed by atoms with van der Waals surface area (Å²) in [6, 6.07) is 3.39. The van der Waals surface area contributed by atoms with Crippen molar-refractivity contribution in [2.45, 2.75) is 0 Å². The van der Waals surface area contributed by atoms with E-state index in [9.17, 15) is 0 Å². The van der Waals surface area contributed by atoms with E-state index in [1.54, 1.807) is 12.1 Å². The minimum atomic E-state index is -4.67. The first kappa shape index (κ1) is 17.4. The van der Waals surface area contributed by atoms with Crippen LogP contribution in [-0.2, 0) is 10.4 Å². The Hall–Kier alpha value is -1.67. The lowest BCUT2D eigenvalue weighted by atomic mass is 10.8. The van der Waals surface area contributed by atoms with Crippen molar-refractivity contribution < 1.29 is 17.5 Å². The number of hydrogen-bond donors (Lipinski definition) is 2. The minimum absolute atomic E-state index is 1.18. The van der Waals surface area contributed by atoms with Gasteiger partial charge in [0.1, 0.15) is 0 Å². The maximum atomic E-state index is 8.74. The third kappa shape index (κ3) is 6580. The van der Waals surface area contributed by atoms with E-state index in [0.29, 0.717) is 0 Å². The Kier molecular flexibility index (Phi) is 17.4. The fourth-order valence-electron chi connectivity index (χ4n) is 0. The van der Waals surface area contributed by atoms with Gasteiger partial charge in [0.05, 0.1) is 12.1 Å². The van der Waals surface area contributed by atoms with E-state index in [1.165, 1.54) is 12.2 Å². The van der Waals surface area contributed by atoms with Crippen LogP contribution in [0.1, 0.15) is 0 Å². The van der Waals surface area contributed by atoms with Crippen molar-refractivity contribution in [3.63, 3.8) is 0 Å². The van der Waals surface area contributed by atoms with Crippen LogP contribution in [0.25, 0.3) is 0 Å². The highest BCUT2D eigenvalue weighted by molar-refractivity contribution is 7.79. The maximum Gasteiger partial charge on any atom is 0.394 e. The van der Waals surface area contributed by atoms with Crippen LogP contribution in [-0.4, -0.2) is 17.5 Å². The smallest absolute Gasteiger partial charge is 0.264 e. The second-order valence-corrected chi connectivity index (χ2v) is 2.01. The Labute approximate surface area is 76.6 Å². The molecule has 0 bridgehead atoms. The Balaban J connectivity index is -0.000000117. The molecular weight excluding hydrogens is 196 g/mol. The normalized spacial score (nSPS) is 6.77. The molecule has 2 N–H and O–H groups in total. The predicted molar refractivity (Wildman–Crippen MR) is 45.8 cm³/mol. The highest BCUT2D eigenvalue weighted by Gasteiger charge is 1.84. The zero-order valence-electron chi connectivity index (χ0n) is 6.58. The van der Waals surface area contributed by atoms with E-state index in [2.05, 4.69) is 13.2 Å². The van der Waals surface area contributed by atoms with Crippen molar-refractivity contribution in [3.05, 3.63) is 25.3 Å². The molecule has 13 heavy (non-hydrogen) atoms. The van der Waals surface area contributed by atoms with Crippen molar-refractivity contribution in [2.75, 3.05) is 0 Å². The van der Waals surface area contributed by atoms with E-state index in [-0.39, 0.29) is 0 Å². The Morgan fingerprint density at radius 1 is 1.08 bits per heavy atom. The van der Waals surface area contributed by atoms with Gasteiger partial charge in [-0.3, -0.25) is 9.11 Å². The van der Waals surface area contributed by atoms with Gasteiger partial charge < -0.3 is 0 Å². The van der Waals surface area contributed by atoms with Crippen LogP contribution in [0, 0.1) is 22.7 Å². The van der Waals surface area contributed by atoms with Crippen LogP contribution in [0.2, 0.25) is 0 Å². The van der Waals surface area contributed by atoms with Gasteiger partial charge in [-0.2, -0.15) is 18.9 Å². The molecule has 0 aromatic rings. The maximum absolute atomic E-state index is 8.74. The van der Waals surface area contributed by atoms with Gasteiger partial charge >= 0.3 is 10.4 Å². The molecular formula is C6H8N2O4S. The molecule has 6 nitrogen and oxygen atoms in total. The molecule has 72 valence electrons. The molecule has 0 aromatic carbocycles. The Morgan fingerprint density at radius 3 is 1.15 bits per heavy atom. The summed E-state index contributed by atoms with van der Waals surface area (Å²) in [5.74, 6) is 0. The topological polar surface area (TPSA) is 122 Å². The summed E-state index contributed by atoms with van der Waals surface area (Å²) in [4.78, 5) is 0. The molecule has 0 saturated heterocycles. The van der Waals surface area contributed by atoms with E-state index in [1.807, 2.05) is 0 Å². The SMILES string of the molecule is C=CC#N.C=CC#N.O=S(=O)(O)O. The zero-order chi connectivity index (χ0) is 11.3. The lowest BCUT2D eigenvalue weighted by Crippen LogP contribution is -1.89. The van der Waals surface area contributed by atoms with Crippen molar-refractivity contribution in [1.29, 1.82) is 10.5 Å². The third-order valence-corrected chi connectivity index (χ3v) is 0.183. The summed E-state index contributed by atoms with van der Waals surface area (Å²) in [5, 5.41) is 15.0. The lowest BCUT2D eigenvalue weighted by molar-refractivity contribution is 0.381. The molecule has 0 atom stereocenters. The highest BCUT2D eigenvalue weighted by Crippen LogP contribution is 1.59. The molecule has 0 aromatic heterocycles.